The number of aliphatic hydroxyl groups is 1. The SMILES string of the molecule is COc1ccccc1CN(CCO)c1ccc([N+](=O)[O-])cc1C#N. The van der Waals surface area contributed by atoms with E-state index >= 15 is 0 Å². The van der Waals surface area contributed by atoms with Crippen molar-refractivity contribution >= 4 is 11.4 Å². The maximum Gasteiger partial charge on any atom is 0.270 e. The smallest absolute Gasteiger partial charge is 0.270 e. The van der Waals surface area contributed by atoms with E-state index in [0.717, 1.165) is 5.56 Å². The molecule has 0 spiro atoms. The number of nitro benzene ring substituents is 1. The first kappa shape index (κ1) is 17.2. The number of benzene rings is 2. The van der Waals surface area contributed by atoms with E-state index in [2.05, 4.69) is 0 Å². The molecule has 0 aliphatic rings. The van der Waals surface area contributed by atoms with Crippen LogP contribution in [0.25, 0.3) is 0 Å². The standard InChI is InChI=1S/C17H17N3O4/c1-24-17-5-3-2-4-13(17)12-19(8-9-21)16-7-6-15(20(22)23)10-14(16)11-18/h2-7,10,21H,8-9,12H2,1H3. The van der Waals surface area contributed by atoms with Gasteiger partial charge in [0.2, 0.25) is 0 Å². The minimum atomic E-state index is -0.540. The van der Waals surface area contributed by atoms with E-state index in [-0.39, 0.29) is 24.4 Å². The maximum absolute atomic E-state index is 10.9. The highest BCUT2D eigenvalue weighted by Crippen LogP contribution is 2.28. The molecule has 0 unspecified atom stereocenters. The summed E-state index contributed by atoms with van der Waals surface area (Å²) in [5.74, 6) is 0.695. The second kappa shape index (κ2) is 7.94. The fraction of sp³-hybridized carbons (Fsp3) is 0.235. The lowest BCUT2D eigenvalue weighted by molar-refractivity contribution is -0.384. The molecule has 0 fully saturated rings. The largest absolute Gasteiger partial charge is 0.496 e. The zero-order valence-electron chi connectivity index (χ0n) is 13.2. The molecule has 2 rings (SSSR count). The first-order valence-corrected chi connectivity index (χ1v) is 7.27. The Labute approximate surface area is 139 Å². The summed E-state index contributed by atoms with van der Waals surface area (Å²) < 4.78 is 5.32. The second-order valence-corrected chi connectivity index (χ2v) is 5.03. The highest BCUT2D eigenvalue weighted by molar-refractivity contribution is 5.63. The van der Waals surface area contributed by atoms with Crippen molar-refractivity contribution in [3.63, 3.8) is 0 Å². The molecule has 7 nitrogen and oxygen atoms in total. The van der Waals surface area contributed by atoms with Gasteiger partial charge in [-0.15, -0.1) is 0 Å². The van der Waals surface area contributed by atoms with Crippen LogP contribution in [-0.4, -0.2) is 30.3 Å². The summed E-state index contributed by atoms with van der Waals surface area (Å²) >= 11 is 0. The van der Waals surface area contributed by atoms with Gasteiger partial charge in [-0.25, -0.2) is 0 Å². The number of hydrogen-bond donors (Lipinski definition) is 1. The van der Waals surface area contributed by atoms with Gasteiger partial charge < -0.3 is 14.7 Å². The Kier molecular flexibility index (Phi) is 5.71. The summed E-state index contributed by atoms with van der Waals surface area (Å²) in [7, 11) is 1.57. The van der Waals surface area contributed by atoms with Gasteiger partial charge in [-0.3, -0.25) is 10.1 Å². The van der Waals surface area contributed by atoms with Crippen molar-refractivity contribution < 1.29 is 14.8 Å². The molecule has 0 aromatic heterocycles. The number of para-hydroxylation sites is 1. The Bertz CT molecular complexity index is 771. The van der Waals surface area contributed by atoms with E-state index in [4.69, 9.17) is 4.74 Å². The van der Waals surface area contributed by atoms with Gasteiger partial charge in [-0.2, -0.15) is 5.26 Å². The minimum absolute atomic E-state index is 0.114. The third-order valence-electron chi connectivity index (χ3n) is 3.58. The van der Waals surface area contributed by atoms with E-state index in [9.17, 15) is 20.5 Å². The molecule has 0 saturated carbocycles. The van der Waals surface area contributed by atoms with E-state index in [1.807, 2.05) is 30.3 Å². The normalized spacial score (nSPS) is 10.0. The molecule has 0 aliphatic heterocycles. The molecule has 0 saturated heterocycles. The molecule has 0 radical (unpaired) electrons. The second-order valence-electron chi connectivity index (χ2n) is 5.03. The van der Waals surface area contributed by atoms with Crippen molar-refractivity contribution in [3.8, 4) is 11.8 Å². The quantitative estimate of drug-likeness (QED) is 0.619. The molecule has 0 aliphatic carbocycles. The predicted octanol–water partition coefficient (Wildman–Crippen LogP) is 2.47. The Balaban J connectivity index is 2.40. The van der Waals surface area contributed by atoms with Crippen molar-refractivity contribution in [1.29, 1.82) is 5.26 Å². The van der Waals surface area contributed by atoms with Crippen LogP contribution < -0.4 is 9.64 Å². The van der Waals surface area contributed by atoms with Crippen LogP contribution in [0.5, 0.6) is 5.75 Å². The molecule has 0 bridgehead atoms. The number of nitro groups is 1. The van der Waals surface area contributed by atoms with Crippen molar-refractivity contribution in [2.75, 3.05) is 25.2 Å². The topological polar surface area (TPSA) is 99.6 Å². The van der Waals surface area contributed by atoms with Crippen LogP contribution in [0.4, 0.5) is 11.4 Å². The zero-order chi connectivity index (χ0) is 17.5. The Hall–Kier alpha value is -3.11. The Morgan fingerprint density at radius 2 is 2.08 bits per heavy atom. The first-order chi connectivity index (χ1) is 11.6. The van der Waals surface area contributed by atoms with E-state index < -0.39 is 4.92 Å². The molecule has 1 N–H and O–H groups in total. The Morgan fingerprint density at radius 3 is 2.71 bits per heavy atom. The fourth-order valence-electron chi connectivity index (χ4n) is 2.45. The number of aliphatic hydroxyl groups excluding tert-OH is 1. The van der Waals surface area contributed by atoms with Crippen LogP contribution in [0.1, 0.15) is 11.1 Å². The van der Waals surface area contributed by atoms with Crippen molar-refractivity contribution in [1.82, 2.24) is 0 Å². The van der Waals surface area contributed by atoms with Crippen LogP contribution >= 0.6 is 0 Å². The zero-order valence-corrected chi connectivity index (χ0v) is 13.2. The molecule has 0 heterocycles. The predicted molar refractivity (Wildman–Crippen MR) is 88.9 cm³/mol. The molecular weight excluding hydrogens is 310 g/mol. The summed E-state index contributed by atoms with van der Waals surface area (Å²) in [5.41, 5.74) is 1.46. The van der Waals surface area contributed by atoms with Gasteiger partial charge in [0.25, 0.3) is 5.69 Å². The first-order valence-electron chi connectivity index (χ1n) is 7.27. The van der Waals surface area contributed by atoms with Gasteiger partial charge in [0.15, 0.2) is 0 Å². The number of nitriles is 1. The van der Waals surface area contributed by atoms with Crippen molar-refractivity contribution in [3.05, 3.63) is 63.7 Å². The van der Waals surface area contributed by atoms with E-state index in [1.54, 1.807) is 12.0 Å². The number of rotatable bonds is 7. The van der Waals surface area contributed by atoms with Crippen LogP contribution in [0, 0.1) is 21.4 Å². The lowest BCUT2D eigenvalue weighted by atomic mass is 10.1. The van der Waals surface area contributed by atoms with Gasteiger partial charge in [0.05, 0.1) is 29.9 Å². The number of hydrogen-bond acceptors (Lipinski definition) is 6. The summed E-state index contributed by atoms with van der Waals surface area (Å²) in [6, 6.07) is 13.5. The van der Waals surface area contributed by atoms with Gasteiger partial charge in [0, 0.05) is 30.8 Å². The van der Waals surface area contributed by atoms with E-state index in [1.165, 1.54) is 18.2 Å². The third-order valence-corrected chi connectivity index (χ3v) is 3.58. The molecular formula is C17H17N3O4. The van der Waals surface area contributed by atoms with Crippen LogP contribution in [-0.2, 0) is 6.54 Å². The van der Waals surface area contributed by atoms with Gasteiger partial charge in [-0.1, -0.05) is 18.2 Å². The van der Waals surface area contributed by atoms with Crippen LogP contribution in [0.15, 0.2) is 42.5 Å². The molecule has 2 aromatic rings. The molecule has 24 heavy (non-hydrogen) atoms. The third kappa shape index (κ3) is 3.80. The lowest BCUT2D eigenvalue weighted by Crippen LogP contribution is -2.27. The summed E-state index contributed by atoms with van der Waals surface area (Å²) in [6.07, 6.45) is 0. The molecule has 7 heteroatoms. The highest BCUT2D eigenvalue weighted by atomic mass is 16.6. The number of methoxy groups -OCH3 is 1. The minimum Gasteiger partial charge on any atom is -0.496 e. The fourth-order valence-corrected chi connectivity index (χ4v) is 2.45. The van der Waals surface area contributed by atoms with Gasteiger partial charge >= 0.3 is 0 Å². The number of anilines is 1. The van der Waals surface area contributed by atoms with Crippen LogP contribution in [0.2, 0.25) is 0 Å². The Morgan fingerprint density at radius 1 is 1.33 bits per heavy atom. The maximum atomic E-state index is 10.9. The summed E-state index contributed by atoms with van der Waals surface area (Å²) in [5, 5.41) is 29.5. The van der Waals surface area contributed by atoms with Gasteiger partial charge in [0.1, 0.15) is 11.8 Å². The average Bonchev–Trinajstić information content (AvgIpc) is 2.61. The van der Waals surface area contributed by atoms with Gasteiger partial charge in [-0.05, 0) is 12.1 Å². The summed E-state index contributed by atoms with van der Waals surface area (Å²) in [6.45, 7) is 0.568. The van der Waals surface area contributed by atoms with E-state index in [0.29, 0.717) is 18.0 Å². The molecule has 0 amide bonds. The molecule has 2 aromatic carbocycles. The number of non-ortho nitro benzene ring substituents is 1. The van der Waals surface area contributed by atoms with Crippen LogP contribution in [0.3, 0.4) is 0 Å². The van der Waals surface area contributed by atoms with Crippen molar-refractivity contribution in [2.24, 2.45) is 0 Å². The monoisotopic (exact) mass is 327 g/mol. The summed E-state index contributed by atoms with van der Waals surface area (Å²) in [4.78, 5) is 12.1. The number of ether oxygens (including phenoxy) is 1. The average molecular weight is 327 g/mol. The number of nitrogens with zero attached hydrogens (tertiary/aromatic N) is 3. The van der Waals surface area contributed by atoms with Crippen molar-refractivity contribution in [2.45, 2.75) is 6.54 Å². The highest BCUT2D eigenvalue weighted by Gasteiger charge is 2.17. The molecule has 0 atom stereocenters. The molecule has 124 valence electrons. The lowest BCUT2D eigenvalue weighted by Gasteiger charge is -2.25.